The standard InChI is InChI=1S/C19H22N2O2/c1-3-9-18(22)21(2)17-13-8-7-12-16(17)19(23)20-14-15-10-5-4-6-11-15/h4-8,10-13H,3,9,14H2,1-2H3,(H,20,23). The molecule has 0 heterocycles. The number of amides is 2. The van der Waals surface area contributed by atoms with E-state index in [0.29, 0.717) is 24.2 Å². The molecule has 2 rings (SSSR count). The van der Waals surface area contributed by atoms with Crippen LogP contribution in [0, 0.1) is 0 Å². The fourth-order valence-electron chi connectivity index (χ4n) is 2.35. The third-order valence-electron chi connectivity index (χ3n) is 3.64. The van der Waals surface area contributed by atoms with Gasteiger partial charge >= 0.3 is 0 Å². The highest BCUT2D eigenvalue weighted by Crippen LogP contribution is 2.20. The van der Waals surface area contributed by atoms with Gasteiger partial charge in [0, 0.05) is 20.0 Å². The summed E-state index contributed by atoms with van der Waals surface area (Å²) >= 11 is 0. The molecule has 0 saturated heterocycles. The van der Waals surface area contributed by atoms with E-state index in [-0.39, 0.29) is 11.8 Å². The molecule has 0 fully saturated rings. The molecule has 23 heavy (non-hydrogen) atoms. The Hall–Kier alpha value is -2.62. The first-order valence-corrected chi connectivity index (χ1v) is 7.81. The molecule has 0 radical (unpaired) electrons. The van der Waals surface area contributed by atoms with Gasteiger partial charge in [-0.1, -0.05) is 49.4 Å². The van der Waals surface area contributed by atoms with Gasteiger partial charge in [-0.3, -0.25) is 9.59 Å². The molecule has 2 aromatic rings. The summed E-state index contributed by atoms with van der Waals surface area (Å²) in [5, 5.41) is 2.90. The van der Waals surface area contributed by atoms with Crippen LogP contribution >= 0.6 is 0 Å². The van der Waals surface area contributed by atoms with Crippen LogP contribution in [0.4, 0.5) is 5.69 Å². The van der Waals surface area contributed by atoms with Gasteiger partial charge in [0.15, 0.2) is 0 Å². The molecule has 0 atom stereocenters. The molecule has 0 aliphatic heterocycles. The number of carbonyl (C=O) groups excluding carboxylic acids is 2. The SMILES string of the molecule is CCCC(=O)N(C)c1ccccc1C(=O)NCc1ccccc1. The molecule has 0 aliphatic carbocycles. The van der Waals surface area contributed by atoms with Crippen molar-refractivity contribution in [3.05, 3.63) is 65.7 Å². The fourth-order valence-corrected chi connectivity index (χ4v) is 2.35. The predicted octanol–water partition coefficient (Wildman–Crippen LogP) is 3.38. The van der Waals surface area contributed by atoms with Gasteiger partial charge in [0.25, 0.3) is 5.91 Å². The van der Waals surface area contributed by atoms with Gasteiger partial charge in [-0.05, 0) is 24.1 Å². The molecule has 4 heteroatoms. The van der Waals surface area contributed by atoms with E-state index in [1.807, 2.05) is 43.3 Å². The maximum absolute atomic E-state index is 12.5. The lowest BCUT2D eigenvalue weighted by atomic mass is 10.1. The Balaban J connectivity index is 2.12. The van der Waals surface area contributed by atoms with Gasteiger partial charge in [-0.15, -0.1) is 0 Å². The minimum atomic E-state index is -0.180. The first kappa shape index (κ1) is 16.7. The highest BCUT2D eigenvalue weighted by molar-refractivity contribution is 6.04. The van der Waals surface area contributed by atoms with Crippen molar-refractivity contribution < 1.29 is 9.59 Å². The van der Waals surface area contributed by atoms with Crippen molar-refractivity contribution in [2.45, 2.75) is 26.3 Å². The quantitative estimate of drug-likeness (QED) is 0.889. The summed E-state index contributed by atoms with van der Waals surface area (Å²) < 4.78 is 0. The lowest BCUT2D eigenvalue weighted by Gasteiger charge is -2.20. The molecule has 2 aromatic carbocycles. The highest BCUT2D eigenvalue weighted by atomic mass is 16.2. The zero-order chi connectivity index (χ0) is 16.7. The molecule has 0 saturated carbocycles. The van der Waals surface area contributed by atoms with Crippen LogP contribution in [0.1, 0.15) is 35.7 Å². The molecule has 0 spiro atoms. The lowest BCUT2D eigenvalue weighted by Crippen LogP contribution is -2.30. The minimum absolute atomic E-state index is 0.0100. The number of hydrogen-bond acceptors (Lipinski definition) is 2. The molecule has 2 amide bonds. The van der Waals surface area contributed by atoms with Crippen LogP contribution in [0.15, 0.2) is 54.6 Å². The Bertz CT molecular complexity index is 668. The van der Waals surface area contributed by atoms with Gasteiger partial charge in [-0.2, -0.15) is 0 Å². The van der Waals surface area contributed by atoms with Crippen LogP contribution in [0.25, 0.3) is 0 Å². The number of para-hydroxylation sites is 1. The Morgan fingerprint density at radius 2 is 1.65 bits per heavy atom. The van der Waals surface area contributed by atoms with Crippen molar-refractivity contribution in [2.24, 2.45) is 0 Å². The van der Waals surface area contributed by atoms with Crippen molar-refractivity contribution in [3.8, 4) is 0 Å². The lowest BCUT2D eigenvalue weighted by molar-refractivity contribution is -0.118. The van der Waals surface area contributed by atoms with E-state index in [9.17, 15) is 9.59 Å². The zero-order valence-electron chi connectivity index (χ0n) is 13.6. The number of hydrogen-bond donors (Lipinski definition) is 1. The van der Waals surface area contributed by atoms with E-state index < -0.39 is 0 Å². The third kappa shape index (κ3) is 4.42. The molecule has 0 aromatic heterocycles. The summed E-state index contributed by atoms with van der Waals surface area (Å²) in [6, 6.07) is 16.9. The molecular weight excluding hydrogens is 288 g/mol. The van der Waals surface area contributed by atoms with Crippen molar-refractivity contribution in [1.29, 1.82) is 0 Å². The first-order chi connectivity index (χ1) is 11.1. The second-order valence-electron chi connectivity index (χ2n) is 5.39. The summed E-state index contributed by atoms with van der Waals surface area (Å²) in [4.78, 5) is 26.1. The van der Waals surface area contributed by atoms with Crippen LogP contribution < -0.4 is 10.2 Å². The summed E-state index contributed by atoms with van der Waals surface area (Å²) in [7, 11) is 1.71. The summed E-state index contributed by atoms with van der Waals surface area (Å²) in [6.45, 7) is 2.42. The molecule has 0 bridgehead atoms. The monoisotopic (exact) mass is 310 g/mol. The Morgan fingerprint density at radius 1 is 1.00 bits per heavy atom. The molecule has 0 aliphatic rings. The van der Waals surface area contributed by atoms with Crippen molar-refractivity contribution in [3.63, 3.8) is 0 Å². The second kappa shape index (κ2) is 8.13. The minimum Gasteiger partial charge on any atom is -0.348 e. The summed E-state index contributed by atoms with van der Waals surface area (Å²) in [5.74, 6) is -0.170. The normalized spacial score (nSPS) is 10.2. The maximum Gasteiger partial charge on any atom is 0.253 e. The average molecular weight is 310 g/mol. The number of anilines is 1. The number of nitrogens with one attached hydrogen (secondary N) is 1. The third-order valence-corrected chi connectivity index (χ3v) is 3.64. The zero-order valence-corrected chi connectivity index (χ0v) is 13.6. The van der Waals surface area contributed by atoms with E-state index >= 15 is 0 Å². The van der Waals surface area contributed by atoms with E-state index in [1.54, 1.807) is 30.1 Å². The molecule has 4 nitrogen and oxygen atoms in total. The number of nitrogens with zero attached hydrogens (tertiary/aromatic N) is 1. The summed E-state index contributed by atoms with van der Waals surface area (Å²) in [6.07, 6.45) is 1.25. The van der Waals surface area contributed by atoms with E-state index in [4.69, 9.17) is 0 Å². The maximum atomic E-state index is 12.5. The van der Waals surface area contributed by atoms with E-state index in [2.05, 4.69) is 5.32 Å². The number of rotatable bonds is 6. The molecule has 120 valence electrons. The van der Waals surface area contributed by atoms with Gasteiger partial charge in [-0.25, -0.2) is 0 Å². The highest BCUT2D eigenvalue weighted by Gasteiger charge is 2.17. The molecular formula is C19H22N2O2. The van der Waals surface area contributed by atoms with E-state index in [0.717, 1.165) is 12.0 Å². The molecule has 1 N–H and O–H groups in total. The Kier molecular flexibility index (Phi) is 5.92. The Labute approximate surface area is 137 Å². The van der Waals surface area contributed by atoms with Gasteiger partial charge in [0.05, 0.1) is 11.3 Å². The van der Waals surface area contributed by atoms with Crippen LogP contribution in [0.2, 0.25) is 0 Å². The topological polar surface area (TPSA) is 49.4 Å². The number of benzene rings is 2. The largest absolute Gasteiger partial charge is 0.348 e. The smallest absolute Gasteiger partial charge is 0.253 e. The average Bonchev–Trinajstić information content (AvgIpc) is 2.60. The molecule has 0 unspecified atom stereocenters. The number of carbonyl (C=O) groups is 2. The first-order valence-electron chi connectivity index (χ1n) is 7.81. The van der Waals surface area contributed by atoms with Crippen molar-refractivity contribution in [2.75, 3.05) is 11.9 Å². The second-order valence-corrected chi connectivity index (χ2v) is 5.39. The fraction of sp³-hybridized carbons (Fsp3) is 0.263. The van der Waals surface area contributed by atoms with Crippen molar-refractivity contribution >= 4 is 17.5 Å². The van der Waals surface area contributed by atoms with Crippen molar-refractivity contribution in [1.82, 2.24) is 5.32 Å². The van der Waals surface area contributed by atoms with Gasteiger partial charge < -0.3 is 10.2 Å². The Morgan fingerprint density at radius 3 is 2.35 bits per heavy atom. The van der Waals surface area contributed by atoms with Crippen LogP contribution in [0.5, 0.6) is 0 Å². The van der Waals surface area contributed by atoms with Crippen LogP contribution in [-0.2, 0) is 11.3 Å². The summed E-state index contributed by atoms with van der Waals surface area (Å²) in [5.41, 5.74) is 2.18. The predicted molar refractivity (Wildman–Crippen MR) is 92.4 cm³/mol. The van der Waals surface area contributed by atoms with Gasteiger partial charge in [0.1, 0.15) is 0 Å². The van der Waals surface area contributed by atoms with Crippen LogP contribution in [-0.4, -0.2) is 18.9 Å². The van der Waals surface area contributed by atoms with Crippen LogP contribution in [0.3, 0.4) is 0 Å². The van der Waals surface area contributed by atoms with Gasteiger partial charge in [0.2, 0.25) is 5.91 Å². The van der Waals surface area contributed by atoms with E-state index in [1.165, 1.54) is 0 Å².